The summed E-state index contributed by atoms with van der Waals surface area (Å²) in [6.07, 6.45) is 0. The number of benzene rings is 8. The number of hydrogen-bond donors (Lipinski definition) is 0. The smallest absolute Gasteiger partial charge is 0.135 e. The molecular formula is C42H26O. The molecule has 1 heteroatoms. The Morgan fingerprint density at radius 2 is 1.02 bits per heavy atom. The molecule has 8 aromatic rings. The summed E-state index contributed by atoms with van der Waals surface area (Å²) in [6, 6.07) is 50.8. The lowest BCUT2D eigenvalue weighted by molar-refractivity contribution is 0.487. The summed E-state index contributed by atoms with van der Waals surface area (Å²) in [5.41, 5.74) is 8.79. The average molecular weight is 549 g/mol. The molecule has 0 saturated carbocycles. The Hall–Kier alpha value is -5.66. The predicted molar refractivity (Wildman–Crippen MR) is 181 cm³/mol. The Balaban J connectivity index is 1.34. The predicted octanol–water partition coefficient (Wildman–Crippen LogP) is 11.9. The maximum absolute atomic E-state index is 8.66. The van der Waals surface area contributed by atoms with Crippen LogP contribution >= 0.6 is 0 Å². The van der Waals surface area contributed by atoms with Gasteiger partial charge in [-0.2, -0.15) is 0 Å². The van der Waals surface area contributed by atoms with Crippen molar-refractivity contribution in [2.45, 2.75) is 0 Å². The molecule has 9 rings (SSSR count). The first-order valence-electron chi connectivity index (χ1n) is 15.6. The fourth-order valence-electron chi connectivity index (χ4n) is 6.83. The third-order valence-electron chi connectivity index (χ3n) is 8.71. The van der Waals surface area contributed by atoms with Crippen LogP contribution in [-0.4, -0.2) is 0 Å². The van der Waals surface area contributed by atoms with E-state index in [1.807, 2.05) is 42.5 Å². The fourth-order valence-corrected chi connectivity index (χ4v) is 6.83. The maximum Gasteiger partial charge on any atom is 0.135 e. The zero-order valence-corrected chi connectivity index (χ0v) is 23.3. The van der Waals surface area contributed by atoms with Gasteiger partial charge in [-0.3, -0.25) is 0 Å². The SMILES string of the molecule is [2H]c1ccc2c(-c3ccc4c(c3)-c3cccc5cccc(c35)O4)c3cc([2H])ccc3c(-c3cccc(-c4ccccc4)c3)c2c1. The van der Waals surface area contributed by atoms with E-state index in [1.54, 1.807) is 0 Å². The molecule has 0 N–H and O–H groups in total. The second kappa shape index (κ2) is 9.44. The van der Waals surface area contributed by atoms with Gasteiger partial charge in [0.1, 0.15) is 11.5 Å². The topological polar surface area (TPSA) is 9.23 Å². The third kappa shape index (κ3) is 3.72. The van der Waals surface area contributed by atoms with Gasteiger partial charge in [-0.25, -0.2) is 0 Å². The van der Waals surface area contributed by atoms with Crippen LogP contribution in [0.5, 0.6) is 11.5 Å². The maximum atomic E-state index is 8.66. The summed E-state index contributed by atoms with van der Waals surface area (Å²) in [7, 11) is 0. The lowest BCUT2D eigenvalue weighted by Crippen LogP contribution is -1.98. The summed E-state index contributed by atoms with van der Waals surface area (Å²) >= 11 is 0. The summed E-state index contributed by atoms with van der Waals surface area (Å²) < 4.78 is 23.7. The first-order chi connectivity index (χ1) is 22.1. The molecule has 200 valence electrons. The largest absolute Gasteiger partial charge is 0.456 e. The van der Waals surface area contributed by atoms with Crippen molar-refractivity contribution in [1.82, 2.24) is 0 Å². The molecule has 0 bridgehead atoms. The zero-order valence-electron chi connectivity index (χ0n) is 25.3. The summed E-state index contributed by atoms with van der Waals surface area (Å²) in [4.78, 5) is 0. The van der Waals surface area contributed by atoms with E-state index in [2.05, 4.69) is 103 Å². The van der Waals surface area contributed by atoms with Gasteiger partial charge in [0, 0.05) is 10.9 Å². The van der Waals surface area contributed by atoms with Crippen LogP contribution in [0.3, 0.4) is 0 Å². The van der Waals surface area contributed by atoms with E-state index in [-0.39, 0.29) is 0 Å². The van der Waals surface area contributed by atoms with Gasteiger partial charge >= 0.3 is 0 Å². The van der Waals surface area contributed by atoms with Crippen molar-refractivity contribution in [3.05, 3.63) is 158 Å². The molecule has 0 aromatic heterocycles. The number of rotatable bonds is 3. The first kappa shape index (κ1) is 22.0. The molecule has 1 nitrogen and oxygen atoms in total. The van der Waals surface area contributed by atoms with Crippen molar-refractivity contribution in [3.8, 4) is 56.0 Å². The lowest BCUT2D eigenvalue weighted by atomic mass is 9.84. The molecule has 0 unspecified atom stereocenters. The van der Waals surface area contributed by atoms with E-state index >= 15 is 0 Å². The van der Waals surface area contributed by atoms with Gasteiger partial charge in [0.25, 0.3) is 0 Å². The highest BCUT2D eigenvalue weighted by atomic mass is 16.5. The standard InChI is InChI=1S/C42H26O/c1-2-11-27(12-3-1)29-15-8-16-30(25-29)40-32-17-4-6-19-34(32)41(35-20-7-5-18-33(35)40)31-23-24-38-37(26-31)36-21-9-13-28-14-10-22-39(43-38)42(28)36/h1-26H/i4D,7D. The summed E-state index contributed by atoms with van der Waals surface area (Å²) in [5, 5.41) is 6.43. The molecule has 0 fully saturated rings. The Kier molecular flexibility index (Phi) is 4.83. The molecule has 0 amide bonds. The number of ether oxygens (including phenoxy) is 1. The van der Waals surface area contributed by atoms with Gasteiger partial charge in [0.2, 0.25) is 0 Å². The van der Waals surface area contributed by atoms with Crippen molar-refractivity contribution in [2.75, 3.05) is 0 Å². The molecule has 1 aliphatic rings. The molecule has 0 atom stereocenters. The molecule has 0 aliphatic carbocycles. The van der Waals surface area contributed by atoms with Crippen LogP contribution < -0.4 is 4.74 Å². The summed E-state index contributed by atoms with van der Waals surface area (Å²) in [6.45, 7) is 0. The van der Waals surface area contributed by atoms with Crippen molar-refractivity contribution in [2.24, 2.45) is 0 Å². The Labute approximate surface area is 253 Å². The second-order valence-corrected chi connectivity index (χ2v) is 11.1. The molecule has 43 heavy (non-hydrogen) atoms. The lowest BCUT2D eigenvalue weighted by Gasteiger charge is -2.23. The van der Waals surface area contributed by atoms with E-state index in [1.165, 1.54) is 0 Å². The first-order valence-corrected chi connectivity index (χ1v) is 14.6. The monoisotopic (exact) mass is 548 g/mol. The second-order valence-electron chi connectivity index (χ2n) is 11.1. The van der Waals surface area contributed by atoms with Crippen LogP contribution in [0.25, 0.3) is 76.8 Å². The van der Waals surface area contributed by atoms with Crippen LogP contribution in [0, 0.1) is 0 Å². The van der Waals surface area contributed by atoms with E-state index < -0.39 is 0 Å². The molecular weight excluding hydrogens is 520 g/mol. The van der Waals surface area contributed by atoms with Crippen LogP contribution in [-0.2, 0) is 0 Å². The van der Waals surface area contributed by atoms with E-state index in [0.717, 1.165) is 88.3 Å². The van der Waals surface area contributed by atoms with Crippen molar-refractivity contribution in [1.29, 1.82) is 0 Å². The van der Waals surface area contributed by atoms with E-state index in [4.69, 9.17) is 7.48 Å². The normalized spacial score (nSPS) is 12.6. The van der Waals surface area contributed by atoms with Gasteiger partial charge in [-0.05, 0) is 90.1 Å². The van der Waals surface area contributed by atoms with Crippen LogP contribution in [0.15, 0.2) is 158 Å². The van der Waals surface area contributed by atoms with E-state index in [9.17, 15) is 0 Å². The van der Waals surface area contributed by atoms with Crippen molar-refractivity contribution in [3.63, 3.8) is 0 Å². The van der Waals surface area contributed by atoms with Gasteiger partial charge in [-0.1, -0.05) is 133 Å². The molecule has 0 saturated heterocycles. The number of hydrogen-bond acceptors (Lipinski definition) is 1. The minimum atomic E-state index is 0.462. The molecule has 0 radical (unpaired) electrons. The zero-order chi connectivity index (χ0) is 30.1. The average Bonchev–Trinajstić information content (AvgIpc) is 3.08. The minimum Gasteiger partial charge on any atom is -0.456 e. The highest BCUT2D eigenvalue weighted by Gasteiger charge is 2.22. The van der Waals surface area contributed by atoms with Gasteiger partial charge in [0.05, 0.1) is 2.74 Å². The van der Waals surface area contributed by atoms with Crippen molar-refractivity contribution >= 4 is 32.3 Å². The Morgan fingerprint density at radius 3 is 1.79 bits per heavy atom. The molecule has 1 aliphatic heterocycles. The molecule has 0 spiro atoms. The summed E-state index contributed by atoms with van der Waals surface area (Å²) in [5.74, 6) is 1.71. The molecule has 8 aromatic carbocycles. The third-order valence-corrected chi connectivity index (χ3v) is 8.71. The van der Waals surface area contributed by atoms with Gasteiger partial charge in [0.15, 0.2) is 0 Å². The van der Waals surface area contributed by atoms with Crippen molar-refractivity contribution < 1.29 is 7.48 Å². The highest BCUT2D eigenvalue weighted by Crippen LogP contribution is 2.49. The Morgan fingerprint density at radius 1 is 0.395 bits per heavy atom. The van der Waals surface area contributed by atoms with Crippen LogP contribution in [0.1, 0.15) is 2.74 Å². The molecule has 1 heterocycles. The minimum absolute atomic E-state index is 0.462. The fraction of sp³-hybridized carbons (Fsp3) is 0. The quantitative estimate of drug-likeness (QED) is 0.200. The van der Waals surface area contributed by atoms with Crippen LogP contribution in [0.4, 0.5) is 0 Å². The van der Waals surface area contributed by atoms with E-state index in [0.29, 0.717) is 12.1 Å². The van der Waals surface area contributed by atoms with Gasteiger partial charge in [-0.15, -0.1) is 0 Å². The highest BCUT2D eigenvalue weighted by molar-refractivity contribution is 6.21. The van der Waals surface area contributed by atoms with Gasteiger partial charge < -0.3 is 4.74 Å². The Bertz CT molecular complexity index is 2470. The van der Waals surface area contributed by atoms with Crippen LogP contribution in [0.2, 0.25) is 0 Å². The number of fused-ring (bicyclic) bond motifs is 4.